The van der Waals surface area contributed by atoms with Crippen LogP contribution in [0.3, 0.4) is 0 Å². The van der Waals surface area contributed by atoms with E-state index in [2.05, 4.69) is 51.0 Å². The highest BCUT2D eigenvalue weighted by Crippen LogP contribution is 2.38. The van der Waals surface area contributed by atoms with E-state index in [0.717, 1.165) is 5.57 Å². The fourth-order valence-corrected chi connectivity index (χ4v) is 5.10. The topological polar surface area (TPSA) is 103 Å². The van der Waals surface area contributed by atoms with E-state index >= 15 is 0 Å². The first-order chi connectivity index (χ1) is 20.0. The predicted octanol–water partition coefficient (Wildman–Crippen LogP) is 6.33. The highest BCUT2D eigenvalue weighted by atomic mass is 35.5. The summed E-state index contributed by atoms with van der Waals surface area (Å²) in [6.07, 6.45) is 10.5. The van der Waals surface area contributed by atoms with Gasteiger partial charge in [-0.15, -0.1) is 0 Å². The molecule has 0 saturated carbocycles. The number of amides is 2. The van der Waals surface area contributed by atoms with E-state index in [4.69, 9.17) is 25.5 Å². The minimum absolute atomic E-state index is 0.0233. The van der Waals surface area contributed by atoms with E-state index < -0.39 is 32.4 Å². The summed E-state index contributed by atoms with van der Waals surface area (Å²) in [4.78, 5) is 35.9. The van der Waals surface area contributed by atoms with Gasteiger partial charge in [-0.25, -0.2) is 9.18 Å². The second kappa shape index (κ2) is 17.9. The summed E-state index contributed by atoms with van der Waals surface area (Å²) >= 11 is 6.00. The smallest absolute Gasteiger partial charge is 0.373 e. The molecule has 1 aliphatic rings. The van der Waals surface area contributed by atoms with Gasteiger partial charge in [0.1, 0.15) is 6.10 Å². The average molecular weight is 637 g/mol. The van der Waals surface area contributed by atoms with E-state index in [1.807, 2.05) is 31.3 Å². The molecule has 0 unspecified atom stereocenters. The van der Waals surface area contributed by atoms with Crippen LogP contribution < -0.4 is 10.6 Å². The Balaban J connectivity index is 2.59. The third-order valence-electron chi connectivity index (χ3n) is 7.10. The summed E-state index contributed by atoms with van der Waals surface area (Å²) in [7, 11) is -0.625. The Hall–Kier alpha value is -3.13. The Bertz CT molecular complexity index is 1200. The van der Waals surface area contributed by atoms with Crippen LogP contribution in [0.2, 0.25) is 18.1 Å². The zero-order valence-corrected chi connectivity index (χ0v) is 28.4. The van der Waals surface area contributed by atoms with Crippen molar-refractivity contribution in [3.8, 4) is 11.8 Å². The molecule has 0 spiro atoms. The lowest BCUT2D eigenvalue weighted by molar-refractivity contribution is -0.151. The zero-order chi connectivity index (χ0) is 32.8. The molecule has 0 radical (unpaired) electrons. The second-order valence-corrected chi connectivity index (χ2v) is 17.2. The molecule has 0 aromatic heterocycles. The molecule has 0 fully saturated rings. The third kappa shape index (κ3) is 14.3. The molecule has 43 heavy (non-hydrogen) atoms. The molecule has 0 aliphatic carbocycles. The van der Waals surface area contributed by atoms with Crippen LogP contribution in [-0.2, 0) is 28.3 Å². The van der Waals surface area contributed by atoms with Crippen LogP contribution in [0.4, 0.5) is 4.39 Å². The van der Waals surface area contributed by atoms with Gasteiger partial charge in [-0.1, -0.05) is 75.1 Å². The fourth-order valence-electron chi connectivity index (χ4n) is 3.63. The lowest BCUT2D eigenvalue weighted by atomic mass is 9.97. The third-order valence-corrected chi connectivity index (χ3v) is 11.8. The monoisotopic (exact) mass is 636 g/mol. The Morgan fingerprint density at radius 1 is 1.28 bits per heavy atom. The van der Waals surface area contributed by atoms with E-state index in [9.17, 15) is 18.8 Å². The van der Waals surface area contributed by atoms with Crippen LogP contribution >= 0.6 is 11.6 Å². The molecular formula is C32H46ClFN2O6Si. The Labute approximate surface area is 261 Å². The van der Waals surface area contributed by atoms with Gasteiger partial charge < -0.3 is 24.5 Å². The average Bonchev–Trinajstić information content (AvgIpc) is 2.90. The Morgan fingerprint density at radius 2 is 1.95 bits per heavy atom. The summed E-state index contributed by atoms with van der Waals surface area (Å²) in [6, 6.07) is 0. The normalized spacial score (nSPS) is 18.7. The van der Waals surface area contributed by atoms with E-state index in [-0.39, 0.29) is 28.9 Å². The number of hydrogen-bond donors (Lipinski definition) is 2. The maximum atomic E-state index is 14.3. The molecule has 4 atom stereocenters. The van der Waals surface area contributed by atoms with Gasteiger partial charge in [-0.2, -0.15) is 0 Å². The molecule has 1 rings (SSSR count). The molecule has 0 bridgehead atoms. The summed E-state index contributed by atoms with van der Waals surface area (Å²) in [5.74, 6) is 2.41. The van der Waals surface area contributed by atoms with Gasteiger partial charge >= 0.3 is 5.97 Å². The molecule has 8 nitrogen and oxygen atoms in total. The lowest BCUT2D eigenvalue weighted by Gasteiger charge is -2.39. The molecule has 0 aromatic rings. The van der Waals surface area contributed by atoms with Gasteiger partial charge in [0.25, 0.3) is 18.1 Å². The Kier molecular flexibility index (Phi) is 15.7. The number of hydrogen-bond acceptors (Lipinski definition) is 6. The number of cyclic esters (lactones) is 1. The highest BCUT2D eigenvalue weighted by molar-refractivity contribution is 6.74. The van der Waals surface area contributed by atoms with Crippen LogP contribution in [0, 0.1) is 17.8 Å². The molecule has 2 amide bonds. The molecular weight excluding hydrogens is 591 g/mol. The van der Waals surface area contributed by atoms with Crippen molar-refractivity contribution in [2.45, 2.75) is 97.4 Å². The van der Waals surface area contributed by atoms with E-state index in [0.29, 0.717) is 24.3 Å². The number of alkyl halides is 1. The maximum Gasteiger partial charge on any atom is 0.373 e. The van der Waals surface area contributed by atoms with Crippen molar-refractivity contribution in [3.63, 3.8) is 0 Å². The lowest BCUT2D eigenvalue weighted by Crippen LogP contribution is -2.43. The molecule has 238 valence electrons. The van der Waals surface area contributed by atoms with Gasteiger partial charge in [-0.05, 0) is 69.1 Å². The van der Waals surface area contributed by atoms with Crippen molar-refractivity contribution >= 4 is 37.7 Å². The number of carbonyl (C=O) groups excluding carboxylic acids is 3. The van der Waals surface area contributed by atoms with Crippen molar-refractivity contribution in [2.75, 3.05) is 7.11 Å². The van der Waals surface area contributed by atoms with Gasteiger partial charge in [0.2, 0.25) is 0 Å². The fraction of sp³-hybridized carbons (Fsp3) is 0.531. The van der Waals surface area contributed by atoms with Crippen molar-refractivity contribution in [1.82, 2.24) is 10.6 Å². The number of esters is 1. The van der Waals surface area contributed by atoms with Crippen molar-refractivity contribution in [1.29, 1.82) is 0 Å². The van der Waals surface area contributed by atoms with Crippen LogP contribution in [0.15, 0.2) is 59.0 Å². The summed E-state index contributed by atoms with van der Waals surface area (Å²) < 4.78 is 31.1. The molecule has 11 heteroatoms. The first-order valence-electron chi connectivity index (χ1n) is 14.2. The maximum absolute atomic E-state index is 14.3. The van der Waals surface area contributed by atoms with Crippen molar-refractivity contribution < 1.29 is 32.7 Å². The molecule has 0 saturated heterocycles. The first-order valence-corrected chi connectivity index (χ1v) is 17.5. The van der Waals surface area contributed by atoms with Gasteiger partial charge in [0.15, 0.2) is 14.1 Å². The molecule has 1 aliphatic heterocycles. The van der Waals surface area contributed by atoms with Gasteiger partial charge in [0, 0.05) is 17.4 Å². The summed E-state index contributed by atoms with van der Waals surface area (Å²) in [5, 5.41) is 4.93. The van der Waals surface area contributed by atoms with Crippen LogP contribution in [0.5, 0.6) is 0 Å². The standard InChI is InChI=1S/C32H46ClFN2O6Si/c1-22(21-23(2)26-18-19-27(40-7)31(39)41-26)13-10-11-15-28(37)36-29(34)30(38)35-20-12-14-25(17-16-24(3)33)42-43(8,9)32(4,5)6/h10,12-13,16,19-21,23,25-26,29H,14,17-18H2,1-9H3,(H,35,38)(H,36,37)/b13-10-,20-12-,22-21+,24-16+/t23-,25+,26-,29+/m0/s1. The zero-order valence-electron chi connectivity index (χ0n) is 26.7. The van der Waals surface area contributed by atoms with Gasteiger partial charge in [-0.3, -0.25) is 9.59 Å². The minimum atomic E-state index is -2.27. The van der Waals surface area contributed by atoms with Crippen LogP contribution in [0.1, 0.15) is 60.8 Å². The number of nitrogens with one attached hydrogen (secondary N) is 2. The number of allylic oxidation sites excluding steroid dienone is 4. The quantitative estimate of drug-likeness (QED) is 0.0805. The van der Waals surface area contributed by atoms with Gasteiger partial charge in [0.05, 0.1) is 13.2 Å². The number of carbonyl (C=O) groups is 3. The number of ether oxygens (including phenoxy) is 2. The number of halogens is 2. The number of methoxy groups -OCH3 is 1. The summed E-state index contributed by atoms with van der Waals surface area (Å²) in [5.41, 5.74) is 0.833. The molecule has 2 N–H and O–H groups in total. The Morgan fingerprint density at radius 3 is 2.53 bits per heavy atom. The van der Waals surface area contributed by atoms with E-state index in [1.165, 1.54) is 19.4 Å². The minimum Gasteiger partial charge on any atom is -0.490 e. The molecule has 0 aromatic carbocycles. The van der Waals surface area contributed by atoms with E-state index in [1.54, 1.807) is 25.2 Å². The van der Waals surface area contributed by atoms with Crippen LogP contribution in [0.25, 0.3) is 0 Å². The largest absolute Gasteiger partial charge is 0.490 e. The van der Waals surface area contributed by atoms with Crippen molar-refractivity contribution in [2.24, 2.45) is 5.92 Å². The first kappa shape index (κ1) is 37.9. The number of rotatable bonds is 13. The second-order valence-electron chi connectivity index (χ2n) is 11.8. The predicted molar refractivity (Wildman–Crippen MR) is 171 cm³/mol. The van der Waals surface area contributed by atoms with Crippen molar-refractivity contribution in [3.05, 3.63) is 59.0 Å². The summed E-state index contributed by atoms with van der Waals surface area (Å²) in [6.45, 7) is 16.3. The highest BCUT2D eigenvalue weighted by Gasteiger charge is 2.38. The van der Waals surface area contributed by atoms with Crippen LogP contribution in [-0.4, -0.2) is 51.7 Å². The SMILES string of the molecule is COC1=CC[C@@H]([C@@H](C)/C=C(C)/C=C\C#CC(=O)N[C@@H](F)C(=O)N/C=C\C[C@H](C/C=C(\C)Cl)O[Si](C)(C)C(C)(C)C)OC1=O. The molecule has 1 heterocycles.